The van der Waals surface area contributed by atoms with E-state index in [4.69, 9.17) is 5.26 Å². The number of aromatic amines is 1. The lowest BCUT2D eigenvalue weighted by atomic mass is 10.0. The predicted octanol–water partition coefficient (Wildman–Crippen LogP) is 2.79. The summed E-state index contributed by atoms with van der Waals surface area (Å²) in [6, 6.07) is 13.5. The van der Waals surface area contributed by atoms with Crippen LogP contribution in [0.3, 0.4) is 0 Å². The van der Waals surface area contributed by atoms with Gasteiger partial charge in [0, 0.05) is 11.3 Å². The normalized spacial score (nSPS) is 14.2. The van der Waals surface area contributed by atoms with Gasteiger partial charge >= 0.3 is 0 Å². The average Bonchev–Trinajstić information content (AvgIpc) is 3.23. The van der Waals surface area contributed by atoms with E-state index in [1.807, 2.05) is 42.5 Å². The maximum Gasteiger partial charge on any atom is 0.266 e. The Hall–Kier alpha value is -2.34. The molecule has 3 heteroatoms. The molecule has 0 amide bonds. The highest BCUT2D eigenvalue weighted by atomic mass is 16.1. The molecule has 0 spiro atoms. The van der Waals surface area contributed by atoms with Crippen molar-refractivity contribution in [3.05, 3.63) is 58.0 Å². The van der Waals surface area contributed by atoms with E-state index < -0.39 is 0 Å². The molecule has 18 heavy (non-hydrogen) atoms. The minimum absolute atomic E-state index is 0.200. The third-order valence-corrected chi connectivity index (χ3v) is 3.27. The predicted molar refractivity (Wildman–Crippen MR) is 69.2 cm³/mol. The Morgan fingerprint density at radius 1 is 1.22 bits per heavy atom. The van der Waals surface area contributed by atoms with Gasteiger partial charge in [0.15, 0.2) is 0 Å². The lowest BCUT2D eigenvalue weighted by Gasteiger charge is -2.06. The van der Waals surface area contributed by atoms with Crippen LogP contribution in [0.2, 0.25) is 0 Å². The number of hydrogen-bond donors (Lipinski definition) is 1. The van der Waals surface area contributed by atoms with E-state index in [1.165, 1.54) is 0 Å². The highest BCUT2D eigenvalue weighted by molar-refractivity contribution is 5.70. The molecule has 1 fully saturated rings. The van der Waals surface area contributed by atoms with Gasteiger partial charge in [-0.25, -0.2) is 0 Å². The van der Waals surface area contributed by atoms with E-state index >= 15 is 0 Å². The molecule has 3 rings (SSSR count). The lowest BCUT2D eigenvalue weighted by molar-refractivity contribution is 0.996. The summed E-state index contributed by atoms with van der Waals surface area (Å²) in [7, 11) is 0. The molecule has 0 saturated heterocycles. The van der Waals surface area contributed by atoms with E-state index in [0.29, 0.717) is 5.92 Å². The first-order chi connectivity index (χ1) is 8.79. The van der Waals surface area contributed by atoms with Gasteiger partial charge in [-0.2, -0.15) is 5.26 Å². The van der Waals surface area contributed by atoms with Crippen molar-refractivity contribution in [3.63, 3.8) is 0 Å². The summed E-state index contributed by atoms with van der Waals surface area (Å²) in [6.07, 6.45) is 2.24. The molecule has 0 unspecified atom stereocenters. The monoisotopic (exact) mass is 236 g/mol. The number of nitrogens with one attached hydrogen (secondary N) is 1. The van der Waals surface area contributed by atoms with Crippen molar-refractivity contribution in [2.75, 3.05) is 0 Å². The highest BCUT2D eigenvalue weighted by Gasteiger charge is 2.26. The van der Waals surface area contributed by atoms with Gasteiger partial charge < -0.3 is 4.98 Å². The molecule has 1 aliphatic carbocycles. The molecule has 0 radical (unpaired) electrons. The number of pyridine rings is 1. The van der Waals surface area contributed by atoms with Crippen molar-refractivity contribution >= 4 is 0 Å². The quantitative estimate of drug-likeness (QED) is 0.871. The second-order valence-corrected chi connectivity index (χ2v) is 4.59. The highest BCUT2D eigenvalue weighted by Crippen LogP contribution is 2.39. The van der Waals surface area contributed by atoms with Crippen molar-refractivity contribution < 1.29 is 0 Å². The van der Waals surface area contributed by atoms with Crippen LogP contribution in [0.25, 0.3) is 11.1 Å². The largest absolute Gasteiger partial charge is 0.325 e. The molecule has 1 N–H and O–H groups in total. The maximum absolute atomic E-state index is 11.9. The minimum Gasteiger partial charge on any atom is -0.325 e. The van der Waals surface area contributed by atoms with Crippen LogP contribution in [0, 0.1) is 11.3 Å². The summed E-state index contributed by atoms with van der Waals surface area (Å²) >= 11 is 0. The lowest BCUT2D eigenvalue weighted by Crippen LogP contribution is -2.13. The smallest absolute Gasteiger partial charge is 0.266 e. The fraction of sp³-hybridized carbons (Fsp3) is 0.200. The van der Waals surface area contributed by atoms with Crippen LogP contribution in [-0.2, 0) is 0 Å². The molecule has 0 aliphatic heterocycles. The van der Waals surface area contributed by atoms with Gasteiger partial charge in [0.2, 0.25) is 0 Å². The van der Waals surface area contributed by atoms with Crippen molar-refractivity contribution in [1.29, 1.82) is 5.26 Å². The molecule has 88 valence electrons. The van der Waals surface area contributed by atoms with Crippen molar-refractivity contribution in [3.8, 4) is 17.2 Å². The molecule has 2 aromatic rings. The van der Waals surface area contributed by atoms with E-state index in [0.717, 1.165) is 29.7 Å². The summed E-state index contributed by atoms with van der Waals surface area (Å²) in [5.74, 6) is 0.466. The molecular weight excluding hydrogens is 224 g/mol. The van der Waals surface area contributed by atoms with Crippen LogP contribution < -0.4 is 5.56 Å². The second kappa shape index (κ2) is 4.15. The van der Waals surface area contributed by atoms with Crippen molar-refractivity contribution in [2.24, 2.45) is 0 Å². The van der Waals surface area contributed by atoms with Gasteiger partial charge in [-0.15, -0.1) is 0 Å². The van der Waals surface area contributed by atoms with Crippen molar-refractivity contribution in [2.45, 2.75) is 18.8 Å². The first-order valence-electron chi connectivity index (χ1n) is 6.02. The summed E-state index contributed by atoms with van der Waals surface area (Å²) in [6.45, 7) is 0. The molecule has 0 bridgehead atoms. The van der Waals surface area contributed by atoms with Crippen LogP contribution >= 0.6 is 0 Å². The first-order valence-corrected chi connectivity index (χ1v) is 6.02. The van der Waals surface area contributed by atoms with Gasteiger partial charge in [0.1, 0.15) is 11.6 Å². The molecular formula is C15H12N2O. The number of rotatable bonds is 2. The summed E-state index contributed by atoms with van der Waals surface area (Å²) in [4.78, 5) is 14.7. The Kier molecular flexibility index (Phi) is 2.49. The molecule has 1 aromatic heterocycles. The van der Waals surface area contributed by atoms with Crippen LogP contribution in [0.15, 0.2) is 41.2 Å². The zero-order chi connectivity index (χ0) is 12.5. The van der Waals surface area contributed by atoms with Crippen LogP contribution in [-0.4, -0.2) is 4.98 Å². The Morgan fingerprint density at radius 3 is 2.56 bits per heavy atom. The summed E-state index contributed by atoms with van der Waals surface area (Å²) in [5, 5.41) is 9.14. The Balaban J connectivity index is 2.23. The van der Waals surface area contributed by atoms with Crippen LogP contribution in [0.5, 0.6) is 0 Å². The average molecular weight is 236 g/mol. The van der Waals surface area contributed by atoms with Crippen molar-refractivity contribution in [1.82, 2.24) is 4.98 Å². The first kappa shape index (κ1) is 10.8. The molecule has 1 saturated carbocycles. The third-order valence-electron chi connectivity index (χ3n) is 3.27. The number of aromatic nitrogens is 1. The van der Waals surface area contributed by atoms with E-state index in [9.17, 15) is 4.79 Å². The van der Waals surface area contributed by atoms with Gasteiger partial charge in [0.25, 0.3) is 5.56 Å². The fourth-order valence-corrected chi connectivity index (χ4v) is 2.15. The molecule has 1 heterocycles. The number of H-pyrrole nitrogens is 1. The number of hydrogen-bond acceptors (Lipinski definition) is 2. The fourth-order valence-electron chi connectivity index (χ4n) is 2.15. The molecule has 0 atom stereocenters. The zero-order valence-corrected chi connectivity index (χ0v) is 9.81. The standard InChI is InChI=1S/C15H12N2O/c16-9-13-12(10-4-2-1-3-5-10)8-14(11-6-7-11)17-15(13)18/h1-5,8,11H,6-7H2,(H,17,18). The maximum atomic E-state index is 11.9. The Labute approximate surface area is 105 Å². The minimum atomic E-state index is -0.277. The Morgan fingerprint density at radius 2 is 1.94 bits per heavy atom. The molecule has 1 aliphatic rings. The Bertz CT molecular complexity index is 676. The van der Waals surface area contributed by atoms with Gasteiger partial charge in [-0.1, -0.05) is 30.3 Å². The van der Waals surface area contributed by atoms with Gasteiger partial charge in [-0.3, -0.25) is 4.79 Å². The summed E-state index contributed by atoms with van der Waals surface area (Å²) in [5.41, 5.74) is 2.54. The number of benzene rings is 1. The number of nitriles is 1. The SMILES string of the molecule is N#Cc1c(-c2ccccc2)cc(C2CC2)[nH]c1=O. The van der Waals surface area contributed by atoms with Gasteiger partial charge in [-0.05, 0) is 30.4 Å². The van der Waals surface area contributed by atoms with E-state index in [1.54, 1.807) is 0 Å². The van der Waals surface area contributed by atoms with Crippen LogP contribution in [0.4, 0.5) is 0 Å². The third kappa shape index (κ3) is 1.82. The van der Waals surface area contributed by atoms with E-state index in [-0.39, 0.29) is 11.1 Å². The second-order valence-electron chi connectivity index (χ2n) is 4.59. The zero-order valence-electron chi connectivity index (χ0n) is 9.81. The summed E-state index contributed by atoms with van der Waals surface area (Å²) < 4.78 is 0. The molecule has 3 nitrogen and oxygen atoms in total. The topological polar surface area (TPSA) is 56.6 Å². The van der Waals surface area contributed by atoms with E-state index in [2.05, 4.69) is 4.98 Å². The van der Waals surface area contributed by atoms with Gasteiger partial charge in [0.05, 0.1) is 0 Å². The molecule has 1 aromatic carbocycles. The van der Waals surface area contributed by atoms with Crippen LogP contribution in [0.1, 0.15) is 30.0 Å². The number of nitrogens with zero attached hydrogens (tertiary/aromatic N) is 1.